The largest absolute Gasteiger partial charge is 0.386 e. The van der Waals surface area contributed by atoms with Crippen LogP contribution in [0, 0.1) is 11.8 Å². The number of carbonyl (C=O) groups is 2. The molecule has 0 bridgehead atoms. The summed E-state index contributed by atoms with van der Waals surface area (Å²) < 4.78 is 4.58. The first-order valence-corrected chi connectivity index (χ1v) is 7.79. The van der Waals surface area contributed by atoms with E-state index in [0.717, 1.165) is 16.7 Å². The second kappa shape index (κ2) is 6.10. The molecule has 0 saturated carbocycles. The van der Waals surface area contributed by atoms with Crippen molar-refractivity contribution in [2.24, 2.45) is 0 Å². The van der Waals surface area contributed by atoms with E-state index in [1.54, 1.807) is 18.2 Å². The van der Waals surface area contributed by atoms with Crippen molar-refractivity contribution < 1.29 is 14.3 Å². The number of hydrogen-bond acceptors (Lipinski definition) is 3. The van der Waals surface area contributed by atoms with E-state index in [1.807, 2.05) is 42.5 Å². The number of ether oxygens (including phenoxy) is 1. The number of benzene rings is 3. The van der Waals surface area contributed by atoms with E-state index < -0.39 is 11.9 Å². The molecule has 0 aromatic heterocycles. The zero-order valence-electron chi connectivity index (χ0n) is 13.2. The Bertz CT molecular complexity index is 1040. The summed E-state index contributed by atoms with van der Waals surface area (Å²) in [4.78, 5) is 23.0. The van der Waals surface area contributed by atoms with Gasteiger partial charge in [-0.2, -0.15) is 0 Å². The first kappa shape index (κ1) is 14.9. The maximum absolute atomic E-state index is 11.6. The van der Waals surface area contributed by atoms with Crippen molar-refractivity contribution in [1.29, 1.82) is 0 Å². The molecule has 0 fully saturated rings. The maximum atomic E-state index is 11.6. The molecule has 25 heavy (non-hydrogen) atoms. The molecule has 0 amide bonds. The van der Waals surface area contributed by atoms with Crippen LogP contribution in [-0.4, -0.2) is 11.9 Å². The van der Waals surface area contributed by atoms with Gasteiger partial charge in [0.1, 0.15) is 0 Å². The van der Waals surface area contributed by atoms with Gasteiger partial charge in [-0.15, -0.1) is 0 Å². The van der Waals surface area contributed by atoms with Crippen LogP contribution in [0.5, 0.6) is 0 Å². The lowest BCUT2D eigenvalue weighted by Crippen LogP contribution is -1.96. The van der Waals surface area contributed by atoms with Gasteiger partial charge >= 0.3 is 11.9 Å². The molecule has 0 spiro atoms. The Kier molecular flexibility index (Phi) is 3.64. The number of cyclic esters (lactones) is 2. The molecule has 0 radical (unpaired) electrons. The van der Waals surface area contributed by atoms with Gasteiger partial charge in [0.25, 0.3) is 0 Å². The van der Waals surface area contributed by atoms with Crippen molar-refractivity contribution in [1.82, 2.24) is 0 Å². The van der Waals surface area contributed by atoms with E-state index in [1.165, 1.54) is 0 Å². The van der Waals surface area contributed by atoms with Crippen LogP contribution in [0.4, 0.5) is 0 Å². The van der Waals surface area contributed by atoms with E-state index in [0.29, 0.717) is 11.1 Å². The molecule has 3 nitrogen and oxygen atoms in total. The Morgan fingerprint density at radius 1 is 0.600 bits per heavy atom. The number of rotatable bonds is 1. The van der Waals surface area contributed by atoms with Crippen molar-refractivity contribution >= 4 is 11.9 Å². The van der Waals surface area contributed by atoms with Crippen LogP contribution in [0.3, 0.4) is 0 Å². The third kappa shape index (κ3) is 2.93. The smallest absolute Gasteiger partial charge is 0.346 e. The SMILES string of the molecule is O=C1OC(=O)c2cc(C#Cc3ccc(-c4ccccc4)cc3)ccc21. The van der Waals surface area contributed by atoms with Gasteiger partial charge < -0.3 is 4.74 Å². The standard InChI is InChI=1S/C22H12O3/c23-21-19-13-10-16(14-20(19)22(24)25-21)7-6-15-8-11-18(12-9-15)17-4-2-1-3-5-17/h1-5,8-14H. The Balaban J connectivity index is 1.59. The minimum atomic E-state index is -0.615. The van der Waals surface area contributed by atoms with Gasteiger partial charge in [0.15, 0.2) is 0 Å². The van der Waals surface area contributed by atoms with Gasteiger partial charge in [-0.05, 0) is 41.5 Å². The molecular weight excluding hydrogens is 312 g/mol. The Morgan fingerprint density at radius 3 is 1.96 bits per heavy atom. The van der Waals surface area contributed by atoms with Crippen LogP contribution < -0.4 is 0 Å². The van der Waals surface area contributed by atoms with Crippen LogP contribution in [0.15, 0.2) is 72.8 Å². The summed E-state index contributed by atoms with van der Waals surface area (Å²) in [7, 11) is 0. The summed E-state index contributed by atoms with van der Waals surface area (Å²) in [5.41, 5.74) is 4.39. The molecule has 0 N–H and O–H groups in total. The maximum Gasteiger partial charge on any atom is 0.346 e. The van der Waals surface area contributed by atoms with Crippen molar-refractivity contribution in [2.75, 3.05) is 0 Å². The first-order valence-electron chi connectivity index (χ1n) is 7.79. The van der Waals surface area contributed by atoms with Gasteiger partial charge in [-0.25, -0.2) is 9.59 Å². The molecule has 1 aliphatic heterocycles. The van der Waals surface area contributed by atoms with Crippen molar-refractivity contribution in [2.45, 2.75) is 0 Å². The fourth-order valence-electron chi connectivity index (χ4n) is 2.68. The fraction of sp³-hybridized carbons (Fsp3) is 0. The van der Waals surface area contributed by atoms with Gasteiger partial charge in [-0.1, -0.05) is 54.3 Å². The quantitative estimate of drug-likeness (QED) is 0.385. The summed E-state index contributed by atoms with van der Waals surface area (Å²) in [6.07, 6.45) is 0. The van der Waals surface area contributed by atoms with Crippen molar-refractivity contribution in [3.8, 4) is 23.0 Å². The van der Waals surface area contributed by atoms with E-state index in [9.17, 15) is 9.59 Å². The molecule has 1 aliphatic rings. The number of hydrogen-bond donors (Lipinski definition) is 0. The molecule has 1 heterocycles. The summed E-state index contributed by atoms with van der Waals surface area (Å²) in [5, 5.41) is 0. The minimum Gasteiger partial charge on any atom is -0.386 e. The minimum absolute atomic E-state index is 0.274. The monoisotopic (exact) mass is 324 g/mol. The van der Waals surface area contributed by atoms with Crippen LogP contribution in [0.2, 0.25) is 0 Å². The number of esters is 2. The van der Waals surface area contributed by atoms with E-state index >= 15 is 0 Å². The molecule has 3 aromatic rings. The molecule has 4 rings (SSSR count). The van der Waals surface area contributed by atoms with Crippen LogP contribution in [0.1, 0.15) is 31.8 Å². The van der Waals surface area contributed by atoms with Crippen LogP contribution in [0.25, 0.3) is 11.1 Å². The Morgan fingerprint density at radius 2 is 1.20 bits per heavy atom. The van der Waals surface area contributed by atoms with E-state index in [-0.39, 0.29) is 5.56 Å². The average Bonchev–Trinajstić information content (AvgIpc) is 2.95. The Labute approximate surface area is 144 Å². The zero-order valence-corrected chi connectivity index (χ0v) is 13.2. The second-order valence-corrected chi connectivity index (χ2v) is 5.63. The molecule has 3 heteroatoms. The van der Waals surface area contributed by atoms with Crippen LogP contribution >= 0.6 is 0 Å². The van der Waals surface area contributed by atoms with Gasteiger partial charge in [-0.3, -0.25) is 0 Å². The molecule has 118 valence electrons. The number of carbonyl (C=O) groups excluding carboxylic acids is 2. The average molecular weight is 324 g/mol. The highest BCUT2D eigenvalue weighted by molar-refractivity contribution is 6.14. The van der Waals surface area contributed by atoms with E-state index in [2.05, 4.69) is 28.7 Å². The normalized spacial score (nSPS) is 12.2. The summed E-state index contributed by atoms with van der Waals surface area (Å²) in [5.74, 6) is 4.87. The molecule has 0 aliphatic carbocycles. The van der Waals surface area contributed by atoms with Crippen molar-refractivity contribution in [3.05, 3.63) is 95.1 Å². The topological polar surface area (TPSA) is 43.4 Å². The lowest BCUT2D eigenvalue weighted by molar-refractivity contribution is 0.0444. The van der Waals surface area contributed by atoms with Crippen molar-refractivity contribution in [3.63, 3.8) is 0 Å². The third-order valence-corrected chi connectivity index (χ3v) is 3.99. The van der Waals surface area contributed by atoms with E-state index in [4.69, 9.17) is 0 Å². The lowest BCUT2D eigenvalue weighted by Gasteiger charge is -2.00. The van der Waals surface area contributed by atoms with Gasteiger partial charge in [0, 0.05) is 11.1 Å². The molecule has 0 atom stereocenters. The molecule has 0 saturated heterocycles. The highest BCUT2D eigenvalue weighted by Crippen LogP contribution is 2.21. The lowest BCUT2D eigenvalue weighted by atomic mass is 10.0. The zero-order chi connectivity index (χ0) is 17.2. The van der Waals surface area contributed by atoms with Gasteiger partial charge in [0.05, 0.1) is 11.1 Å². The Hall–Kier alpha value is -3.64. The van der Waals surface area contributed by atoms with Crippen LogP contribution in [-0.2, 0) is 4.74 Å². The highest BCUT2D eigenvalue weighted by atomic mass is 16.6. The molecule has 0 unspecified atom stereocenters. The highest BCUT2D eigenvalue weighted by Gasteiger charge is 2.29. The predicted octanol–water partition coefficient (Wildman–Crippen LogP) is 4.06. The molecule has 3 aromatic carbocycles. The summed E-state index contributed by atoms with van der Waals surface area (Å²) in [6, 6.07) is 23.0. The fourth-order valence-corrected chi connectivity index (χ4v) is 2.68. The first-order chi connectivity index (χ1) is 12.2. The summed E-state index contributed by atoms with van der Waals surface area (Å²) in [6.45, 7) is 0. The number of fused-ring (bicyclic) bond motifs is 1. The second-order valence-electron chi connectivity index (χ2n) is 5.63. The third-order valence-electron chi connectivity index (χ3n) is 3.99. The predicted molar refractivity (Wildman–Crippen MR) is 94.0 cm³/mol. The summed E-state index contributed by atoms with van der Waals surface area (Å²) >= 11 is 0. The molecular formula is C22H12O3. The van der Waals surface area contributed by atoms with Gasteiger partial charge in [0.2, 0.25) is 0 Å².